The zero-order valence-electron chi connectivity index (χ0n) is 10.4. The molecule has 2 rings (SSSR count). The molecule has 18 heavy (non-hydrogen) atoms. The summed E-state index contributed by atoms with van der Waals surface area (Å²) in [5.74, 6) is -0.918. The van der Waals surface area contributed by atoms with E-state index in [1.807, 2.05) is 31.2 Å². The van der Waals surface area contributed by atoms with E-state index >= 15 is 0 Å². The second kappa shape index (κ2) is 4.92. The van der Waals surface area contributed by atoms with Crippen LogP contribution < -0.4 is 5.32 Å². The zero-order chi connectivity index (χ0) is 13.1. The molecule has 0 aromatic heterocycles. The molecule has 3 heteroatoms. The number of anilines is 2. The minimum atomic E-state index is -0.918. The van der Waals surface area contributed by atoms with Crippen molar-refractivity contribution in [1.82, 2.24) is 0 Å². The van der Waals surface area contributed by atoms with Gasteiger partial charge in [-0.15, -0.1) is 0 Å². The Morgan fingerprint density at radius 3 is 2.39 bits per heavy atom. The lowest BCUT2D eigenvalue weighted by Crippen LogP contribution is -1.98. The highest BCUT2D eigenvalue weighted by atomic mass is 16.4. The molecule has 0 heterocycles. The Morgan fingerprint density at radius 2 is 1.72 bits per heavy atom. The van der Waals surface area contributed by atoms with Crippen molar-refractivity contribution in [3.8, 4) is 0 Å². The first kappa shape index (κ1) is 12.2. The van der Waals surface area contributed by atoms with Gasteiger partial charge in [0.2, 0.25) is 0 Å². The molecule has 0 amide bonds. The van der Waals surface area contributed by atoms with E-state index in [0.29, 0.717) is 0 Å². The number of aromatic carboxylic acids is 1. The third-order valence-electron chi connectivity index (χ3n) is 2.91. The number of nitrogens with one attached hydrogen (secondary N) is 1. The number of carboxylic acid groups (broad SMARTS) is 1. The summed E-state index contributed by atoms with van der Waals surface area (Å²) in [5.41, 5.74) is 4.46. The monoisotopic (exact) mass is 241 g/mol. The number of rotatable bonds is 3. The van der Waals surface area contributed by atoms with Crippen LogP contribution in [-0.4, -0.2) is 11.1 Å². The summed E-state index contributed by atoms with van der Waals surface area (Å²) in [5, 5.41) is 12.1. The Balaban J connectivity index is 2.25. The first-order chi connectivity index (χ1) is 8.56. The minimum absolute atomic E-state index is 0.281. The van der Waals surface area contributed by atoms with E-state index in [9.17, 15) is 4.79 Å². The van der Waals surface area contributed by atoms with Gasteiger partial charge in [0.25, 0.3) is 0 Å². The predicted molar refractivity (Wildman–Crippen MR) is 72.6 cm³/mol. The highest BCUT2D eigenvalue weighted by molar-refractivity contribution is 5.89. The van der Waals surface area contributed by atoms with Gasteiger partial charge in [-0.25, -0.2) is 4.79 Å². The van der Waals surface area contributed by atoms with E-state index in [2.05, 4.69) is 12.2 Å². The molecule has 3 nitrogen and oxygen atoms in total. The number of carbonyl (C=O) groups is 1. The van der Waals surface area contributed by atoms with E-state index < -0.39 is 5.97 Å². The van der Waals surface area contributed by atoms with Crippen LogP contribution >= 0.6 is 0 Å². The predicted octanol–water partition coefficient (Wildman–Crippen LogP) is 3.75. The number of hydrogen-bond donors (Lipinski definition) is 2. The molecule has 0 radical (unpaired) electrons. The Morgan fingerprint density at radius 1 is 1.00 bits per heavy atom. The third-order valence-corrected chi connectivity index (χ3v) is 2.91. The van der Waals surface area contributed by atoms with Crippen molar-refractivity contribution in [3.63, 3.8) is 0 Å². The van der Waals surface area contributed by atoms with E-state index in [0.717, 1.165) is 11.4 Å². The summed E-state index contributed by atoms with van der Waals surface area (Å²) >= 11 is 0. The van der Waals surface area contributed by atoms with Gasteiger partial charge in [0.1, 0.15) is 0 Å². The van der Waals surface area contributed by atoms with Crippen LogP contribution in [0.25, 0.3) is 0 Å². The molecule has 0 saturated heterocycles. The summed E-state index contributed by atoms with van der Waals surface area (Å²) in [4.78, 5) is 10.9. The smallest absolute Gasteiger partial charge is 0.335 e. The Kier molecular flexibility index (Phi) is 3.33. The van der Waals surface area contributed by atoms with Crippen molar-refractivity contribution in [2.45, 2.75) is 13.8 Å². The summed E-state index contributed by atoms with van der Waals surface area (Å²) < 4.78 is 0. The molecular weight excluding hydrogens is 226 g/mol. The van der Waals surface area contributed by atoms with Crippen molar-refractivity contribution in [3.05, 3.63) is 59.2 Å². The summed E-state index contributed by atoms with van der Waals surface area (Å²) in [6, 6.07) is 12.8. The maximum absolute atomic E-state index is 10.9. The first-order valence-corrected chi connectivity index (χ1v) is 5.74. The van der Waals surface area contributed by atoms with Gasteiger partial charge >= 0.3 is 5.97 Å². The van der Waals surface area contributed by atoms with Gasteiger partial charge in [-0.05, 0) is 55.3 Å². The standard InChI is InChI=1S/C15H15NO2/c1-10-6-7-14(8-11(10)2)16-13-5-3-4-12(9-13)15(17)18/h3-9,16H,1-2H3,(H,17,18). The normalized spacial score (nSPS) is 10.1. The lowest BCUT2D eigenvalue weighted by molar-refractivity contribution is 0.0697. The SMILES string of the molecule is Cc1ccc(Nc2cccc(C(=O)O)c2)cc1C. The Labute approximate surface area is 106 Å². The molecule has 0 bridgehead atoms. The lowest BCUT2D eigenvalue weighted by Gasteiger charge is -2.09. The van der Waals surface area contributed by atoms with Gasteiger partial charge in [-0.3, -0.25) is 0 Å². The van der Waals surface area contributed by atoms with Crippen LogP contribution in [0.3, 0.4) is 0 Å². The van der Waals surface area contributed by atoms with Gasteiger partial charge in [-0.2, -0.15) is 0 Å². The van der Waals surface area contributed by atoms with Crippen molar-refractivity contribution >= 4 is 17.3 Å². The van der Waals surface area contributed by atoms with E-state index in [-0.39, 0.29) is 5.56 Å². The molecule has 0 fully saturated rings. The Bertz CT molecular complexity index is 591. The third kappa shape index (κ3) is 2.69. The molecule has 2 aromatic rings. The maximum atomic E-state index is 10.9. The van der Waals surface area contributed by atoms with Crippen molar-refractivity contribution in [1.29, 1.82) is 0 Å². The average Bonchev–Trinajstić information content (AvgIpc) is 2.34. The number of benzene rings is 2. The van der Waals surface area contributed by atoms with Crippen LogP contribution in [0.5, 0.6) is 0 Å². The molecule has 0 unspecified atom stereocenters. The fourth-order valence-electron chi connectivity index (χ4n) is 1.72. The van der Waals surface area contributed by atoms with Gasteiger partial charge in [0, 0.05) is 11.4 Å². The average molecular weight is 241 g/mol. The molecule has 2 N–H and O–H groups in total. The molecule has 0 saturated carbocycles. The second-order valence-corrected chi connectivity index (χ2v) is 4.31. The molecule has 0 spiro atoms. The highest BCUT2D eigenvalue weighted by Crippen LogP contribution is 2.20. The van der Waals surface area contributed by atoms with E-state index in [1.54, 1.807) is 18.2 Å². The maximum Gasteiger partial charge on any atom is 0.335 e. The zero-order valence-corrected chi connectivity index (χ0v) is 10.4. The van der Waals surface area contributed by atoms with E-state index in [4.69, 9.17) is 5.11 Å². The molecular formula is C15H15NO2. The van der Waals surface area contributed by atoms with Crippen LogP contribution in [0, 0.1) is 13.8 Å². The van der Waals surface area contributed by atoms with Crippen LogP contribution in [0.15, 0.2) is 42.5 Å². The molecule has 0 atom stereocenters. The van der Waals surface area contributed by atoms with Crippen molar-refractivity contribution in [2.75, 3.05) is 5.32 Å². The topological polar surface area (TPSA) is 49.3 Å². The first-order valence-electron chi connectivity index (χ1n) is 5.74. The van der Waals surface area contributed by atoms with Crippen LogP contribution in [0.4, 0.5) is 11.4 Å². The number of aryl methyl sites for hydroxylation is 2. The van der Waals surface area contributed by atoms with E-state index in [1.165, 1.54) is 11.1 Å². The van der Waals surface area contributed by atoms with Crippen molar-refractivity contribution < 1.29 is 9.90 Å². The Hall–Kier alpha value is -2.29. The summed E-state index contributed by atoms with van der Waals surface area (Å²) in [6.07, 6.45) is 0. The quantitative estimate of drug-likeness (QED) is 0.860. The van der Waals surface area contributed by atoms with Crippen molar-refractivity contribution in [2.24, 2.45) is 0 Å². The lowest BCUT2D eigenvalue weighted by atomic mass is 10.1. The second-order valence-electron chi connectivity index (χ2n) is 4.31. The molecule has 92 valence electrons. The number of carboxylic acids is 1. The van der Waals surface area contributed by atoms with Gasteiger partial charge in [0.05, 0.1) is 5.56 Å². The van der Waals surface area contributed by atoms with Gasteiger partial charge in [0.15, 0.2) is 0 Å². The fourth-order valence-corrected chi connectivity index (χ4v) is 1.72. The van der Waals surface area contributed by atoms with Gasteiger partial charge < -0.3 is 10.4 Å². The molecule has 0 aliphatic heterocycles. The summed E-state index contributed by atoms with van der Waals surface area (Å²) in [6.45, 7) is 4.11. The van der Waals surface area contributed by atoms with Crippen LogP contribution in [-0.2, 0) is 0 Å². The largest absolute Gasteiger partial charge is 0.478 e. The highest BCUT2D eigenvalue weighted by Gasteiger charge is 2.03. The molecule has 2 aromatic carbocycles. The fraction of sp³-hybridized carbons (Fsp3) is 0.133. The van der Waals surface area contributed by atoms with Crippen LogP contribution in [0.1, 0.15) is 21.5 Å². The molecule has 0 aliphatic carbocycles. The molecule has 0 aliphatic rings. The van der Waals surface area contributed by atoms with Crippen LogP contribution in [0.2, 0.25) is 0 Å². The summed E-state index contributed by atoms with van der Waals surface area (Å²) in [7, 11) is 0. The number of hydrogen-bond acceptors (Lipinski definition) is 2. The minimum Gasteiger partial charge on any atom is -0.478 e. The van der Waals surface area contributed by atoms with Gasteiger partial charge in [-0.1, -0.05) is 12.1 Å².